The van der Waals surface area contributed by atoms with Crippen LogP contribution >= 0.6 is 0 Å². The largest absolute Gasteiger partial charge is 0.456 e. The Morgan fingerprint density at radius 2 is 1.13 bits per heavy atom. The molecule has 13 rings (SSSR count). The summed E-state index contributed by atoms with van der Waals surface area (Å²) in [5, 5.41) is 15.1. The highest BCUT2D eigenvalue weighted by Crippen LogP contribution is 2.40. The fraction of sp³-hybridized carbons (Fsp3) is 0.0370. The number of aromatic nitrogens is 1. The zero-order chi connectivity index (χ0) is 39.5. The number of hydrogen-bond acceptors (Lipinski definition) is 5. The second kappa shape index (κ2) is 12.3. The molecule has 0 fully saturated rings. The third-order valence-corrected chi connectivity index (χ3v) is 12.4. The van der Waals surface area contributed by atoms with Crippen LogP contribution in [0.4, 0.5) is 0 Å². The maximum absolute atomic E-state index is 6.83. The van der Waals surface area contributed by atoms with E-state index in [4.69, 9.17) is 18.8 Å². The minimum atomic E-state index is -0.899. The summed E-state index contributed by atoms with van der Waals surface area (Å²) < 4.78 is 15.5. The molecule has 1 aliphatic rings. The summed E-state index contributed by atoms with van der Waals surface area (Å²) in [6.07, 6.45) is 0. The average molecular weight is 771 g/mol. The molecule has 60 heavy (non-hydrogen) atoms. The van der Waals surface area contributed by atoms with Crippen LogP contribution in [0.5, 0.6) is 0 Å². The second-order valence-electron chi connectivity index (χ2n) is 16.0. The lowest BCUT2D eigenvalue weighted by Gasteiger charge is -2.33. The lowest BCUT2D eigenvalue weighted by molar-refractivity contribution is 0.455. The number of benzene rings is 9. The van der Waals surface area contributed by atoms with Crippen LogP contribution in [0.1, 0.15) is 23.6 Å². The first-order chi connectivity index (χ1) is 29.5. The van der Waals surface area contributed by atoms with Gasteiger partial charge in [-0.15, -0.1) is 0 Å². The summed E-state index contributed by atoms with van der Waals surface area (Å²) >= 11 is 0. The Bertz CT molecular complexity index is 3840. The van der Waals surface area contributed by atoms with Crippen molar-refractivity contribution in [3.63, 3.8) is 0 Å². The maximum Gasteiger partial charge on any atom is 0.159 e. The summed E-state index contributed by atoms with van der Waals surface area (Å²) in [6.45, 7) is 2.13. The quantitative estimate of drug-likeness (QED) is 0.194. The van der Waals surface area contributed by atoms with E-state index in [1.165, 1.54) is 26.9 Å². The number of nitrogens with zero attached hydrogens (tertiary/aromatic N) is 3. The first kappa shape index (κ1) is 33.1. The van der Waals surface area contributed by atoms with Crippen LogP contribution in [0.15, 0.2) is 201 Å². The van der Waals surface area contributed by atoms with Gasteiger partial charge in [-0.3, -0.25) is 0 Å². The Hall–Kier alpha value is -7.96. The van der Waals surface area contributed by atoms with Gasteiger partial charge in [-0.25, -0.2) is 9.98 Å². The van der Waals surface area contributed by atoms with Gasteiger partial charge in [0, 0.05) is 43.6 Å². The van der Waals surface area contributed by atoms with Crippen LogP contribution in [-0.4, -0.2) is 16.2 Å². The van der Waals surface area contributed by atoms with Crippen LogP contribution in [0.3, 0.4) is 0 Å². The smallest absolute Gasteiger partial charge is 0.159 e. The predicted molar refractivity (Wildman–Crippen MR) is 247 cm³/mol. The molecule has 12 aromatic rings. The Labute approximate surface area is 343 Å². The van der Waals surface area contributed by atoms with E-state index in [1.807, 2.05) is 36.4 Å². The molecule has 0 spiro atoms. The van der Waals surface area contributed by atoms with Gasteiger partial charge in [0.25, 0.3) is 0 Å². The van der Waals surface area contributed by atoms with E-state index in [9.17, 15) is 0 Å². The Morgan fingerprint density at radius 3 is 1.95 bits per heavy atom. The Balaban J connectivity index is 1.09. The number of rotatable bonds is 4. The first-order valence-electron chi connectivity index (χ1n) is 20.3. The van der Waals surface area contributed by atoms with E-state index in [2.05, 4.69) is 162 Å². The van der Waals surface area contributed by atoms with E-state index >= 15 is 0 Å². The van der Waals surface area contributed by atoms with Crippen LogP contribution in [0.25, 0.3) is 92.9 Å². The van der Waals surface area contributed by atoms with E-state index in [0.29, 0.717) is 11.7 Å². The van der Waals surface area contributed by atoms with Gasteiger partial charge in [0.2, 0.25) is 0 Å². The Kier molecular flexibility index (Phi) is 6.76. The fourth-order valence-corrected chi connectivity index (χ4v) is 9.43. The highest BCUT2D eigenvalue weighted by atomic mass is 16.3. The molecule has 0 amide bonds. The summed E-state index contributed by atoms with van der Waals surface area (Å²) in [7, 11) is 0. The SMILES string of the molecule is CC1(c2ccc3ccccc3c2)N=C(c2ccc3oc4ccccc4c3c2)N=C(c2cc(-n3c4ccccc4c4cc5ccccc5cc43)cc3c2oc2ccccc23)N1. The predicted octanol–water partition coefficient (Wildman–Crippen LogP) is 13.6. The standard InChI is InChI=1S/C54H34N4O2/c1-54(37-24-22-32-12-2-3-13-33(32)26-37)56-52(36-23-25-50-43(28-36)40-17-7-10-20-48(40)59-50)55-53(57-54)45-31-38(30-44-41-18-8-11-21-49(41)60-51(44)45)58-46-19-9-6-16-39(46)42-27-34-14-4-5-15-35(34)29-47(42)58/h2-31H,1H3,(H,55,56,57). The van der Waals surface area contributed by atoms with Gasteiger partial charge in [0.15, 0.2) is 11.5 Å². The number of fused-ring (bicyclic) bond motifs is 11. The molecule has 282 valence electrons. The van der Waals surface area contributed by atoms with Crippen molar-refractivity contribution in [2.45, 2.75) is 12.6 Å². The molecule has 6 nitrogen and oxygen atoms in total. The zero-order valence-electron chi connectivity index (χ0n) is 32.5. The highest BCUT2D eigenvalue weighted by molar-refractivity contribution is 6.21. The van der Waals surface area contributed by atoms with Crippen molar-refractivity contribution in [3.05, 3.63) is 199 Å². The number of furan rings is 2. The normalized spacial score (nSPS) is 15.8. The van der Waals surface area contributed by atoms with Crippen molar-refractivity contribution < 1.29 is 8.83 Å². The van der Waals surface area contributed by atoms with E-state index in [1.54, 1.807) is 0 Å². The number of aliphatic imine (C=N–C) groups is 2. The monoisotopic (exact) mass is 770 g/mol. The number of amidine groups is 2. The average Bonchev–Trinajstić information content (AvgIpc) is 3.96. The van der Waals surface area contributed by atoms with Gasteiger partial charge in [-0.1, -0.05) is 115 Å². The summed E-state index contributed by atoms with van der Waals surface area (Å²) in [4.78, 5) is 10.9. The molecule has 0 saturated carbocycles. The van der Waals surface area contributed by atoms with Gasteiger partial charge in [-0.05, 0) is 101 Å². The molecule has 0 aliphatic carbocycles. The van der Waals surface area contributed by atoms with Gasteiger partial charge in [0.05, 0.1) is 16.6 Å². The number of hydrogen-bond donors (Lipinski definition) is 1. The summed E-state index contributed by atoms with van der Waals surface area (Å²) in [5.41, 5.74) is 8.39. The zero-order valence-corrected chi connectivity index (χ0v) is 32.5. The van der Waals surface area contributed by atoms with Crippen molar-refractivity contribution >= 4 is 98.9 Å². The molecule has 1 unspecified atom stereocenters. The lowest BCUT2D eigenvalue weighted by atomic mass is 9.96. The molecule has 9 aromatic carbocycles. The molecule has 1 N–H and O–H groups in total. The van der Waals surface area contributed by atoms with E-state index in [0.717, 1.165) is 82.7 Å². The van der Waals surface area contributed by atoms with Crippen LogP contribution in [0.2, 0.25) is 0 Å². The van der Waals surface area contributed by atoms with E-state index < -0.39 is 5.66 Å². The third kappa shape index (κ3) is 4.88. The highest BCUT2D eigenvalue weighted by Gasteiger charge is 2.34. The van der Waals surface area contributed by atoms with Crippen molar-refractivity contribution in [2.24, 2.45) is 9.98 Å². The molecule has 1 aliphatic heterocycles. The van der Waals surface area contributed by atoms with E-state index in [-0.39, 0.29) is 0 Å². The first-order valence-corrected chi connectivity index (χ1v) is 20.3. The molecular weight excluding hydrogens is 737 g/mol. The van der Waals surface area contributed by atoms with Crippen molar-refractivity contribution in [3.8, 4) is 5.69 Å². The van der Waals surface area contributed by atoms with Crippen LogP contribution < -0.4 is 5.32 Å². The van der Waals surface area contributed by atoms with Crippen LogP contribution in [-0.2, 0) is 5.66 Å². The maximum atomic E-state index is 6.83. The van der Waals surface area contributed by atoms with Crippen molar-refractivity contribution in [2.75, 3.05) is 0 Å². The lowest BCUT2D eigenvalue weighted by Crippen LogP contribution is -2.46. The van der Waals surface area contributed by atoms with Gasteiger partial charge < -0.3 is 18.7 Å². The molecule has 0 saturated heterocycles. The van der Waals surface area contributed by atoms with Gasteiger partial charge in [-0.2, -0.15) is 0 Å². The second-order valence-corrected chi connectivity index (χ2v) is 16.0. The third-order valence-electron chi connectivity index (χ3n) is 12.4. The summed E-state index contributed by atoms with van der Waals surface area (Å²) in [5.74, 6) is 1.29. The molecule has 1 atom stereocenters. The molecule has 0 bridgehead atoms. The van der Waals surface area contributed by atoms with Crippen molar-refractivity contribution in [1.29, 1.82) is 0 Å². The summed E-state index contributed by atoms with van der Waals surface area (Å²) in [6, 6.07) is 64.1. The Morgan fingerprint density at radius 1 is 0.483 bits per heavy atom. The molecular formula is C54H34N4O2. The van der Waals surface area contributed by atoms with Gasteiger partial charge >= 0.3 is 0 Å². The minimum absolute atomic E-state index is 0.615. The molecule has 4 heterocycles. The number of nitrogens with one attached hydrogen (secondary N) is 1. The fourth-order valence-electron chi connectivity index (χ4n) is 9.43. The van der Waals surface area contributed by atoms with Crippen molar-refractivity contribution in [1.82, 2.24) is 9.88 Å². The molecule has 3 aromatic heterocycles. The minimum Gasteiger partial charge on any atom is -0.456 e. The topological polar surface area (TPSA) is 68.0 Å². The molecule has 0 radical (unpaired) electrons. The molecule has 6 heteroatoms. The van der Waals surface area contributed by atoms with Crippen LogP contribution in [0, 0.1) is 0 Å². The van der Waals surface area contributed by atoms with Gasteiger partial charge in [0.1, 0.15) is 28.2 Å². The number of para-hydroxylation sites is 3.